The van der Waals surface area contributed by atoms with Crippen LogP contribution < -0.4 is 10.1 Å². The van der Waals surface area contributed by atoms with Gasteiger partial charge in [-0.15, -0.1) is 6.58 Å². The topological polar surface area (TPSA) is 47.6 Å². The van der Waals surface area contributed by atoms with Crippen molar-refractivity contribution in [3.05, 3.63) is 42.5 Å². The Morgan fingerprint density at radius 3 is 2.53 bits per heavy atom. The fourth-order valence-electron chi connectivity index (χ4n) is 1.48. The van der Waals surface area contributed by atoms with Crippen LogP contribution in [0.4, 0.5) is 4.79 Å². The Morgan fingerprint density at radius 2 is 2.06 bits per heavy atom. The highest BCUT2D eigenvalue weighted by Crippen LogP contribution is 2.20. The second-order valence-corrected chi connectivity index (χ2v) is 3.49. The lowest BCUT2D eigenvalue weighted by molar-refractivity contribution is 0.166. The molecule has 4 heteroatoms. The number of hydrogen-bond donors (Lipinski definition) is 1. The van der Waals surface area contributed by atoms with Crippen molar-refractivity contribution in [1.82, 2.24) is 5.32 Å². The van der Waals surface area contributed by atoms with Crippen LogP contribution in [0.3, 0.4) is 0 Å². The largest absolute Gasteiger partial charge is 0.497 e. The molecule has 0 aliphatic rings. The van der Waals surface area contributed by atoms with Gasteiger partial charge < -0.3 is 14.8 Å². The molecule has 1 amide bonds. The highest BCUT2D eigenvalue weighted by Gasteiger charge is 2.13. The van der Waals surface area contributed by atoms with Crippen LogP contribution in [0.5, 0.6) is 5.75 Å². The van der Waals surface area contributed by atoms with Gasteiger partial charge in [-0.25, -0.2) is 4.79 Å². The van der Waals surface area contributed by atoms with Gasteiger partial charge in [0.1, 0.15) is 5.75 Å². The lowest BCUT2D eigenvalue weighted by atomic mass is 10.0. The van der Waals surface area contributed by atoms with Crippen LogP contribution in [0.15, 0.2) is 36.9 Å². The van der Waals surface area contributed by atoms with Gasteiger partial charge in [-0.1, -0.05) is 18.2 Å². The van der Waals surface area contributed by atoms with E-state index in [9.17, 15) is 4.79 Å². The molecule has 1 rings (SSSR count). The van der Waals surface area contributed by atoms with E-state index in [-0.39, 0.29) is 6.04 Å². The van der Waals surface area contributed by atoms with Crippen LogP contribution in [0.2, 0.25) is 0 Å². The predicted molar refractivity (Wildman–Crippen MR) is 66.1 cm³/mol. The van der Waals surface area contributed by atoms with Crippen LogP contribution in [0.1, 0.15) is 18.0 Å². The van der Waals surface area contributed by atoms with Gasteiger partial charge >= 0.3 is 6.09 Å². The zero-order valence-electron chi connectivity index (χ0n) is 10.1. The number of alkyl carbamates (subject to hydrolysis) is 1. The maximum absolute atomic E-state index is 11.2. The average Bonchev–Trinajstić information content (AvgIpc) is 2.38. The van der Waals surface area contributed by atoms with Crippen molar-refractivity contribution in [3.63, 3.8) is 0 Å². The first-order chi connectivity index (χ1) is 8.21. The first kappa shape index (κ1) is 13.1. The maximum Gasteiger partial charge on any atom is 0.407 e. The highest BCUT2D eigenvalue weighted by molar-refractivity contribution is 5.67. The van der Waals surface area contributed by atoms with Gasteiger partial charge in [-0.3, -0.25) is 0 Å². The summed E-state index contributed by atoms with van der Waals surface area (Å²) >= 11 is 0. The van der Waals surface area contributed by atoms with E-state index in [0.29, 0.717) is 6.42 Å². The molecule has 4 nitrogen and oxygen atoms in total. The van der Waals surface area contributed by atoms with E-state index in [0.717, 1.165) is 11.3 Å². The summed E-state index contributed by atoms with van der Waals surface area (Å²) in [5.74, 6) is 0.782. The molecule has 0 aliphatic heterocycles. The third-order valence-corrected chi connectivity index (χ3v) is 2.40. The molecule has 0 unspecified atom stereocenters. The Bertz CT molecular complexity index is 373. The van der Waals surface area contributed by atoms with Gasteiger partial charge in [0.05, 0.1) is 20.3 Å². The van der Waals surface area contributed by atoms with Crippen molar-refractivity contribution in [1.29, 1.82) is 0 Å². The SMILES string of the molecule is C=CC[C@H](NC(=O)OC)c1ccc(OC)cc1. The minimum Gasteiger partial charge on any atom is -0.497 e. The Hall–Kier alpha value is -1.97. The smallest absolute Gasteiger partial charge is 0.407 e. The molecule has 1 N–H and O–H groups in total. The first-order valence-corrected chi connectivity index (χ1v) is 5.30. The summed E-state index contributed by atoms with van der Waals surface area (Å²) in [5, 5.41) is 2.75. The normalized spacial score (nSPS) is 11.4. The summed E-state index contributed by atoms with van der Waals surface area (Å²) in [5.41, 5.74) is 0.983. The zero-order chi connectivity index (χ0) is 12.7. The molecule has 0 radical (unpaired) electrons. The number of methoxy groups -OCH3 is 2. The molecule has 0 saturated heterocycles. The molecule has 0 spiro atoms. The van der Waals surface area contributed by atoms with Gasteiger partial charge in [0, 0.05) is 0 Å². The average molecular weight is 235 g/mol. The number of rotatable bonds is 5. The number of nitrogens with one attached hydrogen (secondary N) is 1. The molecule has 0 saturated carbocycles. The number of benzene rings is 1. The van der Waals surface area contributed by atoms with Crippen LogP contribution in [-0.2, 0) is 4.74 Å². The van der Waals surface area contributed by atoms with E-state index in [4.69, 9.17) is 4.74 Å². The Balaban J connectivity index is 2.80. The lowest BCUT2D eigenvalue weighted by Gasteiger charge is -2.17. The van der Waals surface area contributed by atoms with E-state index in [1.54, 1.807) is 13.2 Å². The summed E-state index contributed by atoms with van der Waals surface area (Å²) in [6.45, 7) is 3.68. The highest BCUT2D eigenvalue weighted by atomic mass is 16.5. The molecule has 1 aromatic rings. The Kier molecular flexibility index (Phi) is 5.07. The molecule has 17 heavy (non-hydrogen) atoms. The Morgan fingerprint density at radius 1 is 1.41 bits per heavy atom. The molecule has 1 aromatic carbocycles. The van der Waals surface area contributed by atoms with Gasteiger partial charge in [-0.2, -0.15) is 0 Å². The van der Waals surface area contributed by atoms with Crippen LogP contribution >= 0.6 is 0 Å². The number of carbonyl (C=O) groups excluding carboxylic acids is 1. The molecular weight excluding hydrogens is 218 g/mol. The van der Waals surface area contributed by atoms with Crippen LogP contribution in [0.25, 0.3) is 0 Å². The molecule has 0 aliphatic carbocycles. The zero-order valence-corrected chi connectivity index (χ0v) is 10.1. The van der Waals surface area contributed by atoms with Crippen molar-refractivity contribution < 1.29 is 14.3 Å². The van der Waals surface area contributed by atoms with Crippen molar-refractivity contribution in [2.45, 2.75) is 12.5 Å². The molecule has 0 heterocycles. The Labute approximate surface area is 101 Å². The van der Waals surface area contributed by atoms with Gasteiger partial charge in [0.15, 0.2) is 0 Å². The van der Waals surface area contributed by atoms with E-state index in [1.807, 2.05) is 24.3 Å². The van der Waals surface area contributed by atoms with E-state index in [1.165, 1.54) is 7.11 Å². The number of carbonyl (C=O) groups is 1. The minimum absolute atomic E-state index is 0.133. The first-order valence-electron chi connectivity index (χ1n) is 5.30. The summed E-state index contributed by atoms with van der Waals surface area (Å²) < 4.78 is 9.66. The summed E-state index contributed by atoms with van der Waals surface area (Å²) in [7, 11) is 2.96. The van der Waals surface area contributed by atoms with Crippen LogP contribution in [-0.4, -0.2) is 20.3 Å². The summed E-state index contributed by atoms with van der Waals surface area (Å²) in [4.78, 5) is 11.2. The predicted octanol–water partition coefficient (Wildman–Crippen LogP) is 2.67. The van der Waals surface area contributed by atoms with E-state index in [2.05, 4.69) is 16.6 Å². The van der Waals surface area contributed by atoms with Gasteiger partial charge in [-0.05, 0) is 24.1 Å². The summed E-state index contributed by atoms with van der Waals surface area (Å²) in [6, 6.07) is 7.38. The lowest BCUT2D eigenvalue weighted by Crippen LogP contribution is -2.27. The molecule has 0 aromatic heterocycles. The summed E-state index contributed by atoms with van der Waals surface area (Å²) in [6.07, 6.45) is 1.94. The van der Waals surface area contributed by atoms with Gasteiger partial charge in [0.25, 0.3) is 0 Å². The van der Waals surface area contributed by atoms with E-state index < -0.39 is 6.09 Å². The van der Waals surface area contributed by atoms with Crippen molar-refractivity contribution in [2.24, 2.45) is 0 Å². The maximum atomic E-state index is 11.2. The third-order valence-electron chi connectivity index (χ3n) is 2.40. The number of hydrogen-bond acceptors (Lipinski definition) is 3. The van der Waals surface area contributed by atoms with Crippen LogP contribution in [0, 0.1) is 0 Å². The fraction of sp³-hybridized carbons (Fsp3) is 0.308. The third kappa shape index (κ3) is 3.83. The molecule has 0 fully saturated rings. The second-order valence-electron chi connectivity index (χ2n) is 3.49. The number of amides is 1. The number of ether oxygens (including phenoxy) is 2. The van der Waals surface area contributed by atoms with Gasteiger partial charge in [0.2, 0.25) is 0 Å². The standard InChI is InChI=1S/C13H17NO3/c1-4-5-12(14-13(15)17-3)10-6-8-11(16-2)9-7-10/h4,6-9,12H,1,5H2,2-3H3,(H,14,15)/t12-/m0/s1. The fourth-order valence-corrected chi connectivity index (χ4v) is 1.48. The molecule has 1 atom stereocenters. The molecule has 0 bridgehead atoms. The van der Waals surface area contributed by atoms with Crippen molar-refractivity contribution >= 4 is 6.09 Å². The van der Waals surface area contributed by atoms with E-state index >= 15 is 0 Å². The minimum atomic E-state index is -0.451. The van der Waals surface area contributed by atoms with Crippen molar-refractivity contribution in [3.8, 4) is 5.75 Å². The molecular formula is C13H17NO3. The second kappa shape index (κ2) is 6.58. The monoisotopic (exact) mass is 235 g/mol. The quantitative estimate of drug-likeness (QED) is 0.798. The molecule has 92 valence electrons. The van der Waals surface area contributed by atoms with Crippen molar-refractivity contribution in [2.75, 3.05) is 14.2 Å².